The molecule has 6 heteroatoms. The number of H-pyrrole nitrogens is 1. The summed E-state index contributed by atoms with van der Waals surface area (Å²) in [4.78, 5) is 16.1. The van der Waals surface area contributed by atoms with Crippen LogP contribution in [-0.4, -0.2) is 24.1 Å². The number of ether oxygens (including phenoxy) is 2. The number of aryl methyl sites for hydroxylation is 1. The maximum Gasteiger partial charge on any atom is 0.220 e. The summed E-state index contributed by atoms with van der Waals surface area (Å²) in [7, 11) is 0. The molecule has 162 valence electrons. The third kappa shape index (κ3) is 4.04. The summed E-state index contributed by atoms with van der Waals surface area (Å²) >= 11 is 0. The Labute approximate surface area is 185 Å². The Balaban J connectivity index is 1.31. The van der Waals surface area contributed by atoms with Gasteiger partial charge in [-0.1, -0.05) is 30.3 Å². The maximum absolute atomic E-state index is 13.4. The topological polar surface area (TPSA) is 63.4 Å². The average Bonchev–Trinajstić information content (AvgIpc) is 3.20. The number of hydrogen-bond donors (Lipinski definition) is 2. The fourth-order valence-corrected chi connectivity index (χ4v) is 4.12. The van der Waals surface area contributed by atoms with Gasteiger partial charge in [-0.2, -0.15) is 0 Å². The number of para-hydroxylation sites is 2. The van der Waals surface area contributed by atoms with Crippen LogP contribution in [0.5, 0.6) is 11.5 Å². The summed E-state index contributed by atoms with van der Waals surface area (Å²) in [6.45, 7) is 1.42. The number of nitrogens with one attached hydrogen (secondary N) is 2. The van der Waals surface area contributed by atoms with Crippen LogP contribution in [0.15, 0.2) is 66.7 Å². The van der Waals surface area contributed by atoms with Crippen molar-refractivity contribution in [3.8, 4) is 22.8 Å². The van der Waals surface area contributed by atoms with Gasteiger partial charge in [0, 0.05) is 35.1 Å². The van der Waals surface area contributed by atoms with Gasteiger partial charge in [0.05, 0.1) is 0 Å². The first kappa shape index (κ1) is 20.1. The lowest BCUT2D eigenvalue weighted by Crippen LogP contribution is -2.24. The van der Waals surface area contributed by atoms with Crippen LogP contribution in [0.3, 0.4) is 0 Å². The Kier molecular flexibility index (Phi) is 5.50. The number of aromatic nitrogens is 1. The van der Waals surface area contributed by atoms with Gasteiger partial charge in [0.25, 0.3) is 0 Å². The number of aromatic amines is 1. The molecule has 5 rings (SSSR count). The summed E-state index contributed by atoms with van der Waals surface area (Å²) in [5.41, 5.74) is 4.76. The van der Waals surface area contributed by atoms with Gasteiger partial charge >= 0.3 is 0 Å². The van der Waals surface area contributed by atoms with Crippen LogP contribution in [0.4, 0.5) is 4.39 Å². The molecule has 0 bridgehead atoms. The molecule has 1 aromatic heterocycles. The van der Waals surface area contributed by atoms with Crippen molar-refractivity contribution in [2.24, 2.45) is 0 Å². The molecule has 0 atom stereocenters. The molecule has 0 saturated heterocycles. The Morgan fingerprint density at radius 1 is 0.969 bits per heavy atom. The second kappa shape index (κ2) is 8.75. The van der Waals surface area contributed by atoms with Crippen LogP contribution in [0.25, 0.3) is 22.2 Å². The molecule has 5 nitrogen and oxygen atoms in total. The summed E-state index contributed by atoms with van der Waals surface area (Å²) < 4.78 is 24.7. The molecule has 2 heterocycles. The van der Waals surface area contributed by atoms with Gasteiger partial charge in [0.15, 0.2) is 11.5 Å². The molecule has 1 aliphatic rings. The number of amides is 1. The van der Waals surface area contributed by atoms with E-state index < -0.39 is 0 Å². The molecule has 1 amide bonds. The SMILES string of the molecule is O=C(CCc1c(-c2ccc(F)cc2)[nH]c2ccccc12)NCc1cccc2c1OCCO2. The molecule has 1 aliphatic heterocycles. The van der Waals surface area contributed by atoms with Crippen molar-refractivity contribution < 1.29 is 18.7 Å². The van der Waals surface area contributed by atoms with Gasteiger partial charge in [-0.15, -0.1) is 0 Å². The minimum Gasteiger partial charge on any atom is -0.486 e. The lowest BCUT2D eigenvalue weighted by molar-refractivity contribution is -0.121. The van der Waals surface area contributed by atoms with E-state index >= 15 is 0 Å². The summed E-state index contributed by atoms with van der Waals surface area (Å²) in [5.74, 6) is 1.10. The minimum atomic E-state index is -0.275. The molecular weight excluding hydrogens is 407 g/mol. The van der Waals surface area contributed by atoms with Crippen LogP contribution in [0, 0.1) is 5.82 Å². The lowest BCUT2D eigenvalue weighted by Gasteiger charge is -2.21. The third-order valence-electron chi connectivity index (χ3n) is 5.67. The van der Waals surface area contributed by atoms with Gasteiger partial charge in [-0.25, -0.2) is 4.39 Å². The standard InChI is InChI=1S/C26H23FN2O3/c27-19-10-8-17(9-11-19)25-21(20-5-1-2-6-22(20)29-25)12-13-24(30)28-16-18-4-3-7-23-26(18)32-15-14-31-23/h1-11,29H,12-16H2,(H,28,30). The highest BCUT2D eigenvalue weighted by Crippen LogP contribution is 2.34. The van der Waals surface area contributed by atoms with Gasteiger partial charge in [-0.3, -0.25) is 4.79 Å². The van der Waals surface area contributed by atoms with E-state index in [0.29, 0.717) is 44.1 Å². The van der Waals surface area contributed by atoms with E-state index in [0.717, 1.165) is 33.3 Å². The van der Waals surface area contributed by atoms with E-state index in [4.69, 9.17) is 9.47 Å². The van der Waals surface area contributed by atoms with Crippen molar-refractivity contribution in [2.75, 3.05) is 13.2 Å². The normalized spacial score (nSPS) is 12.7. The summed E-state index contributed by atoms with van der Waals surface area (Å²) in [6.07, 6.45) is 0.900. The van der Waals surface area contributed by atoms with E-state index in [1.54, 1.807) is 12.1 Å². The molecule has 0 radical (unpaired) electrons. The largest absolute Gasteiger partial charge is 0.486 e. The van der Waals surface area contributed by atoms with Gasteiger partial charge in [0.2, 0.25) is 5.91 Å². The van der Waals surface area contributed by atoms with Crippen molar-refractivity contribution >= 4 is 16.8 Å². The maximum atomic E-state index is 13.4. The summed E-state index contributed by atoms with van der Waals surface area (Å²) in [5, 5.41) is 4.06. The smallest absolute Gasteiger partial charge is 0.220 e. The Bertz CT molecular complexity index is 1260. The van der Waals surface area contributed by atoms with Crippen molar-refractivity contribution in [1.82, 2.24) is 10.3 Å². The van der Waals surface area contributed by atoms with E-state index in [9.17, 15) is 9.18 Å². The second-order valence-corrected chi connectivity index (χ2v) is 7.75. The van der Waals surface area contributed by atoms with Crippen molar-refractivity contribution in [3.05, 3.63) is 83.7 Å². The monoisotopic (exact) mass is 430 g/mol. The lowest BCUT2D eigenvalue weighted by atomic mass is 10.0. The molecular formula is C26H23FN2O3. The van der Waals surface area contributed by atoms with E-state index in [1.807, 2.05) is 42.5 Å². The zero-order valence-electron chi connectivity index (χ0n) is 17.5. The number of benzene rings is 3. The Hall–Kier alpha value is -3.80. The highest BCUT2D eigenvalue weighted by molar-refractivity contribution is 5.91. The molecule has 0 aliphatic carbocycles. The van der Waals surface area contributed by atoms with Crippen LogP contribution in [0.1, 0.15) is 17.5 Å². The van der Waals surface area contributed by atoms with E-state index in [2.05, 4.69) is 10.3 Å². The molecule has 2 N–H and O–H groups in total. The Morgan fingerprint density at radius 2 is 1.78 bits per heavy atom. The first-order valence-electron chi connectivity index (χ1n) is 10.7. The van der Waals surface area contributed by atoms with Gasteiger partial charge in [-0.05, 0) is 53.9 Å². The molecule has 0 unspecified atom stereocenters. The first-order valence-corrected chi connectivity index (χ1v) is 10.7. The van der Waals surface area contributed by atoms with Gasteiger partial charge in [0.1, 0.15) is 19.0 Å². The van der Waals surface area contributed by atoms with Gasteiger partial charge < -0.3 is 19.8 Å². The van der Waals surface area contributed by atoms with Crippen LogP contribution < -0.4 is 14.8 Å². The molecule has 0 saturated carbocycles. The van der Waals surface area contributed by atoms with Crippen LogP contribution in [-0.2, 0) is 17.8 Å². The number of fused-ring (bicyclic) bond motifs is 2. The number of rotatable bonds is 6. The van der Waals surface area contributed by atoms with Crippen LogP contribution in [0.2, 0.25) is 0 Å². The minimum absolute atomic E-state index is 0.0466. The average molecular weight is 430 g/mol. The number of carbonyl (C=O) groups is 1. The fraction of sp³-hybridized carbons (Fsp3) is 0.192. The molecule has 3 aromatic carbocycles. The first-order chi connectivity index (χ1) is 15.7. The zero-order chi connectivity index (χ0) is 21.9. The molecule has 0 fully saturated rings. The summed E-state index contributed by atoms with van der Waals surface area (Å²) in [6, 6.07) is 20.1. The quantitative estimate of drug-likeness (QED) is 0.453. The molecule has 4 aromatic rings. The van der Waals surface area contributed by atoms with Crippen molar-refractivity contribution in [1.29, 1.82) is 0 Å². The van der Waals surface area contributed by atoms with Crippen molar-refractivity contribution in [3.63, 3.8) is 0 Å². The molecule has 32 heavy (non-hydrogen) atoms. The fourth-order valence-electron chi connectivity index (χ4n) is 4.12. The predicted molar refractivity (Wildman–Crippen MR) is 121 cm³/mol. The number of halogens is 1. The highest BCUT2D eigenvalue weighted by atomic mass is 19.1. The zero-order valence-corrected chi connectivity index (χ0v) is 17.5. The number of carbonyl (C=O) groups excluding carboxylic acids is 1. The predicted octanol–water partition coefficient (Wildman–Crippen LogP) is 4.99. The van der Waals surface area contributed by atoms with Crippen LogP contribution >= 0.6 is 0 Å². The van der Waals surface area contributed by atoms with E-state index in [-0.39, 0.29) is 11.7 Å². The molecule has 0 spiro atoms. The Morgan fingerprint density at radius 3 is 2.66 bits per heavy atom. The third-order valence-corrected chi connectivity index (χ3v) is 5.67. The second-order valence-electron chi connectivity index (χ2n) is 7.75. The highest BCUT2D eigenvalue weighted by Gasteiger charge is 2.17. The van der Waals surface area contributed by atoms with E-state index in [1.165, 1.54) is 12.1 Å². The van der Waals surface area contributed by atoms with Crippen molar-refractivity contribution in [2.45, 2.75) is 19.4 Å². The number of hydrogen-bond acceptors (Lipinski definition) is 3.